The summed E-state index contributed by atoms with van der Waals surface area (Å²) in [5.74, 6) is 0.330. The topological polar surface area (TPSA) is 80.3 Å². The lowest BCUT2D eigenvalue weighted by atomic mass is 9.72. The molecule has 0 unspecified atom stereocenters. The van der Waals surface area contributed by atoms with Crippen molar-refractivity contribution in [2.24, 2.45) is 5.41 Å². The van der Waals surface area contributed by atoms with Crippen LogP contribution < -0.4 is 9.64 Å². The Morgan fingerprint density at radius 1 is 1.15 bits per heavy atom. The predicted molar refractivity (Wildman–Crippen MR) is 160 cm³/mol. The number of aromatic nitrogens is 2. The maximum atomic E-state index is 15.5. The first-order valence-electron chi connectivity index (χ1n) is 14.7. The van der Waals surface area contributed by atoms with Crippen molar-refractivity contribution < 1.29 is 23.4 Å². The lowest BCUT2D eigenvalue weighted by Crippen LogP contribution is -2.62. The smallest absolute Gasteiger partial charge is 0.410 e. The number of halogens is 2. The number of aryl methyl sites for hydroxylation is 1. The first-order valence-corrected chi connectivity index (χ1v) is 15.5. The Morgan fingerprint density at radius 2 is 1.83 bits per heavy atom. The van der Waals surface area contributed by atoms with Crippen LogP contribution in [0.3, 0.4) is 0 Å². The molecule has 1 amide bonds. The molecule has 0 atom stereocenters. The van der Waals surface area contributed by atoms with Crippen LogP contribution in [0.5, 0.6) is 6.01 Å². The van der Waals surface area contributed by atoms with Gasteiger partial charge < -0.3 is 28.9 Å². The lowest BCUT2D eigenvalue weighted by molar-refractivity contribution is -0.0434. The normalized spacial score (nSPS) is 20.0. The molecule has 0 N–H and O–H groups in total. The summed E-state index contributed by atoms with van der Waals surface area (Å²) in [6.07, 6.45) is 4.37. The second-order valence-corrected chi connectivity index (χ2v) is 13.7. The molecule has 226 valence electrons. The van der Waals surface area contributed by atoms with Crippen LogP contribution in [-0.2, 0) is 9.47 Å². The summed E-state index contributed by atoms with van der Waals surface area (Å²) in [6, 6.07) is 2.19. The third-order valence-corrected chi connectivity index (χ3v) is 9.44. The van der Waals surface area contributed by atoms with E-state index < -0.39 is 5.60 Å². The van der Waals surface area contributed by atoms with Crippen LogP contribution in [0.25, 0.3) is 10.9 Å². The van der Waals surface area contributed by atoms with E-state index in [9.17, 15) is 4.79 Å². The van der Waals surface area contributed by atoms with Crippen LogP contribution in [0.1, 0.15) is 58.4 Å². The zero-order valence-corrected chi connectivity index (χ0v) is 26.6. The highest BCUT2D eigenvalue weighted by Crippen LogP contribution is 2.43. The Balaban J connectivity index is 1.29. The van der Waals surface area contributed by atoms with Gasteiger partial charge in [-0.15, -0.1) is 0 Å². The fourth-order valence-corrected chi connectivity index (χ4v) is 6.45. The number of piperidine rings is 2. The van der Waals surface area contributed by atoms with E-state index in [2.05, 4.69) is 30.7 Å². The van der Waals surface area contributed by atoms with Crippen molar-refractivity contribution in [3.63, 3.8) is 0 Å². The summed E-state index contributed by atoms with van der Waals surface area (Å²) in [6.45, 7) is 14.2. The molecular formula is C30H43BrFN5O4. The third-order valence-electron chi connectivity index (χ3n) is 8.47. The minimum atomic E-state index is -0.499. The van der Waals surface area contributed by atoms with Gasteiger partial charge in [0, 0.05) is 70.3 Å². The minimum Gasteiger partial charge on any atom is -0.460 e. The van der Waals surface area contributed by atoms with Gasteiger partial charge in [-0.1, -0.05) is 0 Å². The number of nitrogens with zero attached hydrogens (tertiary/aromatic N) is 5. The van der Waals surface area contributed by atoms with Gasteiger partial charge in [0.05, 0.1) is 4.47 Å². The van der Waals surface area contributed by atoms with E-state index in [1.807, 2.05) is 33.8 Å². The van der Waals surface area contributed by atoms with Gasteiger partial charge in [0.1, 0.15) is 23.0 Å². The third kappa shape index (κ3) is 6.88. The van der Waals surface area contributed by atoms with Gasteiger partial charge >= 0.3 is 12.1 Å². The number of ether oxygens (including phenoxy) is 3. The molecule has 0 radical (unpaired) electrons. The largest absolute Gasteiger partial charge is 0.460 e. The molecule has 1 aromatic heterocycles. The van der Waals surface area contributed by atoms with Crippen LogP contribution in [0.15, 0.2) is 10.5 Å². The molecule has 1 aromatic carbocycles. The van der Waals surface area contributed by atoms with Gasteiger partial charge in [-0.25, -0.2) is 9.18 Å². The van der Waals surface area contributed by atoms with Crippen LogP contribution in [0.2, 0.25) is 0 Å². The summed E-state index contributed by atoms with van der Waals surface area (Å²) in [7, 11) is 1.73. The molecule has 4 heterocycles. The Labute approximate surface area is 250 Å². The number of likely N-dealkylation sites (tertiary alicyclic amines) is 2. The van der Waals surface area contributed by atoms with E-state index in [0.717, 1.165) is 82.8 Å². The zero-order chi connectivity index (χ0) is 29.4. The zero-order valence-electron chi connectivity index (χ0n) is 25.0. The van der Waals surface area contributed by atoms with Crippen LogP contribution in [0, 0.1) is 18.2 Å². The summed E-state index contributed by atoms with van der Waals surface area (Å²) in [5, 5.41) is 0.698. The first-order chi connectivity index (χ1) is 19.5. The first kappa shape index (κ1) is 30.2. The van der Waals surface area contributed by atoms with E-state index in [1.165, 1.54) is 0 Å². The van der Waals surface area contributed by atoms with E-state index in [-0.39, 0.29) is 35.0 Å². The van der Waals surface area contributed by atoms with Crippen molar-refractivity contribution in [1.29, 1.82) is 0 Å². The molecule has 3 aliphatic rings. The average molecular weight is 637 g/mol. The maximum Gasteiger partial charge on any atom is 0.410 e. The number of hydrogen-bond donors (Lipinski definition) is 0. The summed E-state index contributed by atoms with van der Waals surface area (Å²) >= 11 is 3.40. The van der Waals surface area contributed by atoms with Gasteiger partial charge in [0.25, 0.3) is 0 Å². The fourth-order valence-electron chi connectivity index (χ4n) is 6.15. The second-order valence-electron chi connectivity index (χ2n) is 12.9. The molecule has 1 spiro atoms. The minimum absolute atomic E-state index is 0.00522. The van der Waals surface area contributed by atoms with E-state index in [1.54, 1.807) is 12.0 Å². The number of benzene rings is 1. The van der Waals surface area contributed by atoms with Crippen molar-refractivity contribution in [3.8, 4) is 6.01 Å². The number of carbonyl (C=O) groups is 1. The van der Waals surface area contributed by atoms with Gasteiger partial charge in [-0.3, -0.25) is 0 Å². The summed E-state index contributed by atoms with van der Waals surface area (Å²) < 4.78 is 33.0. The maximum absolute atomic E-state index is 15.5. The monoisotopic (exact) mass is 635 g/mol. The number of amides is 1. The summed E-state index contributed by atoms with van der Waals surface area (Å²) in [5.41, 5.74) is 0.673. The molecule has 0 bridgehead atoms. The Bertz CT molecular complexity index is 1250. The molecule has 11 heteroatoms. The van der Waals surface area contributed by atoms with Crippen LogP contribution in [-0.4, -0.2) is 97.1 Å². The summed E-state index contributed by atoms with van der Waals surface area (Å²) in [4.78, 5) is 28.4. The van der Waals surface area contributed by atoms with E-state index in [4.69, 9.17) is 19.2 Å². The average Bonchev–Trinajstić information content (AvgIpc) is 2.91. The number of rotatable bonds is 7. The van der Waals surface area contributed by atoms with Crippen molar-refractivity contribution >= 4 is 38.7 Å². The molecule has 3 fully saturated rings. The van der Waals surface area contributed by atoms with Gasteiger partial charge in [0.2, 0.25) is 0 Å². The number of hydrogen-bond acceptors (Lipinski definition) is 8. The highest BCUT2D eigenvalue weighted by Gasteiger charge is 2.48. The van der Waals surface area contributed by atoms with Crippen molar-refractivity contribution in [3.05, 3.63) is 21.9 Å². The molecule has 9 nitrogen and oxygen atoms in total. The van der Waals surface area contributed by atoms with E-state index in [0.29, 0.717) is 22.9 Å². The van der Waals surface area contributed by atoms with Crippen LogP contribution in [0.4, 0.5) is 15.0 Å². The van der Waals surface area contributed by atoms with Gasteiger partial charge in [-0.05, 0) is 87.4 Å². The molecule has 3 saturated heterocycles. The van der Waals surface area contributed by atoms with Crippen LogP contribution >= 0.6 is 15.9 Å². The molecule has 41 heavy (non-hydrogen) atoms. The molecule has 2 aromatic rings. The highest BCUT2D eigenvalue weighted by molar-refractivity contribution is 9.10. The molecule has 0 aliphatic carbocycles. The van der Waals surface area contributed by atoms with Crippen molar-refractivity contribution in [2.45, 2.75) is 71.5 Å². The van der Waals surface area contributed by atoms with E-state index >= 15 is 4.39 Å². The predicted octanol–water partition coefficient (Wildman–Crippen LogP) is 5.56. The Kier molecular flexibility index (Phi) is 8.97. The molecule has 0 saturated carbocycles. The Morgan fingerprint density at radius 3 is 2.46 bits per heavy atom. The van der Waals surface area contributed by atoms with Crippen molar-refractivity contribution in [2.75, 3.05) is 64.4 Å². The quantitative estimate of drug-likeness (QED) is 0.366. The molecule has 5 rings (SSSR count). The molecular weight excluding hydrogens is 593 g/mol. The van der Waals surface area contributed by atoms with Gasteiger partial charge in [0.15, 0.2) is 5.82 Å². The lowest BCUT2D eigenvalue weighted by Gasteiger charge is -2.53. The second kappa shape index (κ2) is 12.2. The van der Waals surface area contributed by atoms with Gasteiger partial charge in [-0.2, -0.15) is 9.97 Å². The molecule has 3 aliphatic heterocycles. The highest BCUT2D eigenvalue weighted by atomic mass is 79.9. The SMILES string of the molecule is COCCCN1CCC(Oc2nc(N3CCC4(CC3)CN(C(=O)OC(C)(C)C)C4)c3cc(C)c(Br)c(F)c3n2)CC1. The Hall–Kier alpha value is -2.24. The number of anilines is 1. The fraction of sp³-hybridized carbons (Fsp3) is 0.700. The number of methoxy groups -OCH3 is 1. The number of fused-ring (bicyclic) bond motifs is 1. The van der Waals surface area contributed by atoms with Crippen molar-refractivity contribution in [1.82, 2.24) is 19.8 Å². The standard InChI is InChI=1S/C30H43BrFN5O4/c1-20-17-22-25(24(32)23(20)31)33-27(40-21-7-12-35(13-8-21)11-6-16-39-5)34-26(22)36-14-9-30(10-15-36)18-37(19-30)28(38)41-29(2,3)4/h17,21H,6-16,18-19H2,1-5H3. The number of carbonyl (C=O) groups excluding carboxylic acids is 1.